The van der Waals surface area contributed by atoms with Crippen LogP contribution in [-0.4, -0.2) is 18.7 Å². The van der Waals surface area contributed by atoms with E-state index < -0.39 is 5.92 Å². The molecule has 1 saturated carbocycles. The summed E-state index contributed by atoms with van der Waals surface area (Å²) in [4.78, 5) is 24.0. The molecular formula is C14H16O3. The average Bonchev–Trinajstić information content (AvgIpc) is 2.38. The quantitative estimate of drug-likeness (QED) is 0.594. The van der Waals surface area contributed by atoms with Crippen LogP contribution in [0.15, 0.2) is 24.3 Å². The maximum atomic E-state index is 12.3. The molecule has 17 heavy (non-hydrogen) atoms. The minimum Gasteiger partial charge on any atom is -0.496 e. The molecule has 0 amide bonds. The topological polar surface area (TPSA) is 43.4 Å². The predicted octanol–water partition coefficient (Wildman–Crippen LogP) is 2.64. The van der Waals surface area contributed by atoms with Gasteiger partial charge >= 0.3 is 0 Å². The molecule has 1 atom stereocenters. The first-order valence-corrected chi connectivity index (χ1v) is 5.94. The van der Waals surface area contributed by atoms with Gasteiger partial charge < -0.3 is 4.74 Å². The standard InChI is InChI=1S/C14H16O3/c1-17-13-9-5-3-7-11(13)14(16)10-6-2-4-8-12(10)15/h3,5,7,9-10H,2,4,6,8H2,1H3. The monoisotopic (exact) mass is 232 g/mol. The maximum absolute atomic E-state index is 12.3. The zero-order chi connectivity index (χ0) is 12.3. The molecule has 0 bridgehead atoms. The lowest BCUT2D eigenvalue weighted by atomic mass is 9.82. The van der Waals surface area contributed by atoms with Crippen molar-refractivity contribution < 1.29 is 14.3 Å². The molecule has 1 fully saturated rings. The third-order valence-corrected chi connectivity index (χ3v) is 3.24. The highest BCUT2D eigenvalue weighted by Crippen LogP contribution is 2.27. The van der Waals surface area contributed by atoms with Gasteiger partial charge in [0.1, 0.15) is 11.5 Å². The van der Waals surface area contributed by atoms with E-state index in [0.29, 0.717) is 24.2 Å². The number of para-hydroxylation sites is 1. The molecule has 90 valence electrons. The van der Waals surface area contributed by atoms with Crippen LogP contribution in [0.5, 0.6) is 5.75 Å². The molecule has 0 N–H and O–H groups in total. The molecular weight excluding hydrogens is 216 g/mol. The van der Waals surface area contributed by atoms with E-state index in [2.05, 4.69) is 0 Å². The smallest absolute Gasteiger partial charge is 0.177 e. The summed E-state index contributed by atoms with van der Waals surface area (Å²) in [6, 6.07) is 7.09. The van der Waals surface area contributed by atoms with E-state index in [-0.39, 0.29) is 11.6 Å². The van der Waals surface area contributed by atoms with Gasteiger partial charge in [-0.1, -0.05) is 18.6 Å². The van der Waals surface area contributed by atoms with Crippen molar-refractivity contribution in [2.75, 3.05) is 7.11 Å². The number of ketones is 2. The Hall–Kier alpha value is -1.64. The van der Waals surface area contributed by atoms with E-state index in [1.165, 1.54) is 7.11 Å². The van der Waals surface area contributed by atoms with Crippen LogP contribution in [0.4, 0.5) is 0 Å². The molecule has 1 unspecified atom stereocenters. The largest absolute Gasteiger partial charge is 0.496 e. The number of methoxy groups -OCH3 is 1. The molecule has 1 aromatic carbocycles. The Morgan fingerprint density at radius 3 is 2.76 bits per heavy atom. The van der Waals surface area contributed by atoms with Crippen LogP contribution >= 0.6 is 0 Å². The number of carbonyl (C=O) groups excluding carboxylic acids is 2. The highest BCUT2D eigenvalue weighted by atomic mass is 16.5. The fourth-order valence-corrected chi connectivity index (χ4v) is 2.30. The van der Waals surface area contributed by atoms with Gasteiger partial charge in [-0.3, -0.25) is 9.59 Å². The molecule has 3 heteroatoms. The first-order chi connectivity index (χ1) is 8.24. The Morgan fingerprint density at radius 2 is 2.06 bits per heavy atom. The number of ether oxygens (including phenoxy) is 1. The Bertz CT molecular complexity index is 437. The van der Waals surface area contributed by atoms with Gasteiger partial charge in [-0.2, -0.15) is 0 Å². The van der Waals surface area contributed by atoms with E-state index in [9.17, 15) is 9.59 Å². The highest BCUT2D eigenvalue weighted by molar-refractivity contribution is 6.12. The van der Waals surface area contributed by atoms with Gasteiger partial charge in [-0.05, 0) is 25.0 Å². The molecule has 1 aliphatic carbocycles. The van der Waals surface area contributed by atoms with Gasteiger partial charge in [0.15, 0.2) is 5.78 Å². The summed E-state index contributed by atoms with van der Waals surface area (Å²) in [6.45, 7) is 0. The molecule has 1 aliphatic rings. The summed E-state index contributed by atoms with van der Waals surface area (Å²) in [5.74, 6) is 0.0789. The lowest BCUT2D eigenvalue weighted by Gasteiger charge is -2.20. The van der Waals surface area contributed by atoms with Crippen LogP contribution in [-0.2, 0) is 4.79 Å². The van der Waals surface area contributed by atoms with Gasteiger partial charge in [0.2, 0.25) is 0 Å². The van der Waals surface area contributed by atoms with Crippen molar-refractivity contribution >= 4 is 11.6 Å². The summed E-state index contributed by atoms with van der Waals surface area (Å²) in [5, 5.41) is 0. The SMILES string of the molecule is COc1ccccc1C(=O)C1CCCCC1=O. The normalized spacial score (nSPS) is 20.1. The number of rotatable bonds is 3. The van der Waals surface area contributed by atoms with Gasteiger partial charge in [-0.15, -0.1) is 0 Å². The molecule has 3 nitrogen and oxygen atoms in total. The second-order valence-electron chi connectivity index (χ2n) is 4.33. The van der Waals surface area contributed by atoms with Crippen LogP contribution < -0.4 is 4.74 Å². The van der Waals surface area contributed by atoms with Crippen LogP contribution in [0.3, 0.4) is 0 Å². The molecule has 0 radical (unpaired) electrons. The van der Waals surface area contributed by atoms with E-state index in [1.54, 1.807) is 18.2 Å². The number of benzene rings is 1. The second kappa shape index (κ2) is 5.13. The third-order valence-electron chi connectivity index (χ3n) is 3.24. The maximum Gasteiger partial charge on any atom is 0.177 e. The Balaban J connectivity index is 2.26. The van der Waals surface area contributed by atoms with Crippen LogP contribution in [0.1, 0.15) is 36.0 Å². The average molecular weight is 232 g/mol. The van der Waals surface area contributed by atoms with E-state index in [1.807, 2.05) is 6.07 Å². The Kier molecular flexibility index (Phi) is 3.57. The second-order valence-corrected chi connectivity index (χ2v) is 4.33. The van der Waals surface area contributed by atoms with Crippen molar-refractivity contribution in [1.82, 2.24) is 0 Å². The van der Waals surface area contributed by atoms with Crippen molar-refractivity contribution in [3.05, 3.63) is 29.8 Å². The predicted molar refractivity (Wildman–Crippen MR) is 64.3 cm³/mol. The van der Waals surface area contributed by atoms with Crippen LogP contribution in [0, 0.1) is 5.92 Å². The van der Waals surface area contributed by atoms with Gasteiger partial charge in [0, 0.05) is 6.42 Å². The highest BCUT2D eigenvalue weighted by Gasteiger charge is 2.30. The summed E-state index contributed by atoms with van der Waals surface area (Å²) >= 11 is 0. The number of Topliss-reactive ketones (excluding diaryl/α,β-unsaturated/α-hetero) is 2. The van der Waals surface area contributed by atoms with Crippen molar-refractivity contribution in [2.24, 2.45) is 5.92 Å². The lowest BCUT2D eigenvalue weighted by molar-refractivity contribution is -0.122. The first kappa shape index (κ1) is 11.8. The van der Waals surface area contributed by atoms with Crippen molar-refractivity contribution in [3.8, 4) is 5.75 Å². The van der Waals surface area contributed by atoms with Gasteiger partial charge in [-0.25, -0.2) is 0 Å². The summed E-state index contributed by atoms with van der Waals surface area (Å²) in [5.41, 5.74) is 0.523. The zero-order valence-corrected chi connectivity index (χ0v) is 9.94. The van der Waals surface area contributed by atoms with Crippen molar-refractivity contribution in [2.45, 2.75) is 25.7 Å². The summed E-state index contributed by atoms with van der Waals surface area (Å²) in [6.07, 6.45) is 3.08. The summed E-state index contributed by atoms with van der Waals surface area (Å²) < 4.78 is 5.16. The molecule has 0 spiro atoms. The molecule has 1 aromatic rings. The molecule has 0 heterocycles. The fraction of sp³-hybridized carbons (Fsp3) is 0.429. The molecule has 2 rings (SSSR count). The zero-order valence-electron chi connectivity index (χ0n) is 9.94. The minimum absolute atomic E-state index is 0.0761. The minimum atomic E-state index is -0.458. The third kappa shape index (κ3) is 2.38. The molecule has 0 aromatic heterocycles. The van der Waals surface area contributed by atoms with Crippen molar-refractivity contribution in [1.29, 1.82) is 0 Å². The van der Waals surface area contributed by atoms with Crippen molar-refractivity contribution in [3.63, 3.8) is 0 Å². The fourth-order valence-electron chi connectivity index (χ4n) is 2.30. The number of hydrogen-bond acceptors (Lipinski definition) is 3. The van der Waals surface area contributed by atoms with Gasteiger partial charge in [0.25, 0.3) is 0 Å². The van der Waals surface area contributed by atoms with Crippen LogP contribution in [0.25, 0.3) is 0 Å². The lowest BCUT2D eigenvalue weighted by Crippen LogP contribution is -2.27. The Morgan fingerprint density at radius 1 is 1.29 bits per heavy atom. The van der Waals surface area contributed by atoms with Crippen LogP contribution in [0.2, 0.25) is 0 Å². The van der Waals surface area contributed by atoms with E-state index in [4.69, 9.17) is 4.74 Å². The van der Waals surface area contributed by atoms with Gasteiger partial charge in [0.05, 0.1) is 18.6 Å². The number of carbonyl (C=O) groups is 2. The molecule has 0 aliphatic heterocycles. The van der Waals surface area contributed by atoms with E-state index in [0.717, 1.165) is 12.8 Å². The first-order valence-electron chi connectivity index (χ1n) is 5.94. The number of hydrogen-bond donors (Lipinski definition) is 0. The van der Waals surface area contributed by atoms with E-state index >= 15 is 0 Å². The molecule has 0 saturated heterocycles. The summed E-state index contributed by atoms with van der Waals surface area (Å²) in [7, 11) is 1.54. The Labute approximate surface area is 101 Å².